The number of hydrogen-bond donors (Lipinski definition) is 0. The molecule has 28 heavy (non-hydrogen) atoms. The van der Waals surface area contributed by atoms with E-state index < -0.39 is 0 Å². The topological polar surface area (TPSA) is 50.5 Å². The molecule has 0 bridgehead atoms. The van der Waals surface area contributed by atoms with Crippen LogP contribution in [0.2, 0.25) is 0 Å². The Morgan fingerprint density at radius 3 is 2.50 bits per heavy atom. The second kappa shape index (κ2) is 8.12. The molecule has 2 heterocycles. The lowest BCUT2D eigenvalue weighted by Gasteiger charge is -2.12. The van der Waals surface area contributed by atoms with Crippen molar-refractivity contribution in [3.8, 4) is 0 Å². The maximum Gasteiger partial charge on any atom is 0.293 e. The second-order valence-electron chi connectivity index (χ2n) is 6.33. The van der Waals surface area contributed by atoms with Crippen LogP contribution in [0.5, 0.6) is 0 Å². The molecule has 4 rings (SSSR count). The monoisotopic (exact) mass is 407 g/mol. The Kier molecular flexibility index (Phi) is 5.41. The lowest BCUT2D eigenvalue weighted by atomic mass is 10.1. The number of thioether (sulfide) groups is 1. The van der Waals surface area contributed by atoms with E-state index in [0.717, 1.165) is 32.9 Å². The minimum Gasteiger partial charge on any atom is -0.450 e. The van der Waals surface area contributed by atoms with Gasteiger partial charge in [-0.05, 0) is 48.5 Å². The largest absolute Gasteiger partial charge is 0.450 e. The molecule has 1 aromatic heterocycles. The number of amides is 2. The number of furan rings is 1. The van der Waals surface area contributed by atoms with Crippen LogP contribution in [0.1, 0.15) is 16.9 Å². The van der Waals surface area contributed by atoms with E-state index in [0.29, 0.717) is 10.7 Å². The molecule has 0 saturated carbocycles. The van der Waals surface area contributed by atoms with Gasteiger partial charge in [0.1, 0.15) is 5.76 Å². The quantitative estimate of drug-likeness (QED) is 0.487. The Hall–Kier alpha value is -2.70. The summed E-state index contributed by atoms with van der Waals surface area (Å²) in [6.07, 6.45) is 1.63. The number of hydrogen-bond acceptors (Lipinski definition) is 5. The van der Waals surface area contributed by atoms with Crippen molar-refractivity contribution in [1.82, 2.24) is 4.90 Å². The highest BCUT2D eigenvalue weighted by Gasteiger charge is 2.35. The average molecular weight is 408 g/mol. The highest BCUT2D eigenvalue weighted by atomic mass is 32.2. The first-order chi connectivity index (χ1) is 13.6. The predicted octanol–water partition coefficient (Wildman–Crippen LogP) is 5.98. The molecular weight excluding hydrogens is 390 g/mol. The molecule has 0 radical (unpaired) electrons. The maximum atomic E-state index is 12.7. The molecule has 3 aromatic rings. The summed E-state index contributed by atoms with van der Waals surface area (Å²) in [5, 5.41) is 0.471. The van der Waals surface area contributed by atoms with Gasteiger partial charge in [0.05, 0.1) is 11.4 Å². The Balaban J connectivity index is 1.47. The molecule has 0 spiro atoms. The van der Waals surface area contributed by atoms with Crippen molar-refractivity contribution in [2.75, 3.05) is 0 Å². The van der Waals surface area contributed by atoms with Gasteiger partial charge in [-0.3, -0.25) is 14.5 Å². The number of carbonyl (C=O) groups is 2. The molecule has 140 valence electrons. The Morgan fingerprint density at radius 2 is 1.75 bits per heavy atom. The molecule has 0 atom stereocenters. The third-order valence-corrected chi connectivity index (χ3v) is 6.01. The first-order valence-corrected chi connectivity index (χ1v) is 10.4. The molecule has 2 amide bonds. The minimum atomic E-state index is -0.288. The summed E-state index contributed by atoms with van der Waals surface area (Å²) in [5.74, 6) is 0.267. The van der Waals surface area contributed by atoms with Crippen molar-refractivity contribution >= 4 is 40.7 Å². The summed E-state index contributed by atoms with van der Waals surface area (Å²) in [4.78, 5) is 27.7. The highest BCUT2D eigenvalue weighted by molar-refractivity contribution is 8.18. The molecule has 1 fully saturated rings. The molecule has 0 N–H and O–H groups in total. The van der Waals surface area contributed by atoms with Crippen LogP contribution in [0, 0.1) is 6.92 Å². The van der Waals surface area contributed by atoms with Crippen LogP contribution in [0.4, 0.5) is 4.79 Å². The van der Waals surface area contributed by atoms with Gasteiger partial charge < -0.3 is 4.42 Å². The van der Waals surface area contributed by atoms with Gasteiger partial charge in [-0.25, -0.2) is 0 Å². The number of aryl methyl sites for hydroxylation is 1. The van der Waals surface area contributed by atoms with Crippen molar-refractivity contribution in [2.45, 2.75) is 23.5 Å². The predicted molar refractivity (Wildman–Crippen MR) is 112 cm³/mol. The molecular formula is C22H17NO3S2. The van der Waals surface area contributed by atoms with Gasteiger partial charge in [0.2, 0.25) is 0 Å². The van der Waals surface area contributed by atoms with Crippen molar-refractivity contribution in [3.05, 3.63) is 88.5 Å². The molecule has 2 aromatic carbocycles. The SMILES string of the molecule is Cc1ccc(CN2C(=O)S/C(=C\c3ccc(Sc4ccccc4)o3)C2=O)cc1. The van der Waals surface area contributed by atoms with Gasteiger partial charge >= 0.3 is 0 Å². The maximum absolute atomic E-state index is 12.7. The number of imide groups is 1. The van der Waals surface area contributed by atoms with Crippen molar-refractivity contribution < 1.29 is 14.0 Å². The van der Waals surface area contributed by atoms with Gasteiger partial charge in [0, 0.05) is 11.0 Å². The van der Waals surface area contributed by atoms with E-state index in [1.165, 1.54) is 16.7 Å². The molecule has 1 aliphatic heterocycles. The van der Waals surface area contributed by atoms with Gasteiger partial charge in [-0.2, -0.15) is 0 Å². The van der Waals surface area contributed by atoms with Crippen LogP contribution in [0.25, 0.3) is 6.08 Å². The van der Waals surface area contributed by atoms with Crippen LogP contribution < -0.4 is 0 Å². The number of rotatable bonds is 5. The standard InChI is InChI=1S/C22H17NO3S2/c1-15-7-9-16(10-8-15)14-23-21(24)19(28-22(23)25)13-17-11-12-20(26-17)27-18-5-3-2-4-6-18/h2-13H,14H2,1H3/b19-13-. The fourth-order valence-electron chi connectivity index (χ4n) is 2.71. The van der Waals surface area contributed by atoms with Crippen LogP contribution >= 0.6 is 23.5 Å². The van der Waals surface area contributed by atoms with Gasteiger partial charge in [0.15, 0.2) is 5.09 Å². The molecule has 6 heteroatoms. The number of nitrogens with zero attached hydrogens (tertiary/aromatic N) is 1. The molecule has 0 unspecified atom stereocenters. The van der Waals surface area contributed by atoms with Crippen LogP contribution in [0.15, 0.2) is 86.0 Å². The first kappa shape index (κ1) is 18.7. The Labute approximate surface area is 171 Å². The van der Waals surface area contributed by atoms with E-state index in [9.17, 15) is 9.59 Å². The van der Waals surface area contributed by atoms with E-state index >= 15 is 0 Å². The lowest BCUT2D eigenvalue weighted by Crippen LogP contribution is -2.27. The zero-order valence-electron chi connectivity index (χ0n) is 15.1. The van der Waals surface area contributed by atoms with Gasteiger partial charge in [-0.1, -0.05) is 59.8 Å². The van der Waals surface area contributed by atoms with Crippen molar-refractivity contribution in [2.24, 2.45) is 0 Å². The van der Waals surface area contributed by atoms with E-state index in [1.54, 1.807) is 12.1 Å². The Bertz CT molecular complexity index is 1040. The highest BCUT2D eigenvalue weighted by Crippen LogP contribution is 2.35. The number of benzene rings is 2. The zero-order valence-corrected chi connectivity index (χ0v) is 16.8. The van der Waals surface area contributed by atoms with E-state index in [-0.39, 0.29) is 17.7 Å². The first-order valence-electron chi connectivity index (χ1n) is 8.72. The van der Waals surface area contributed by atoms with E-state index in [4.69, 9.17) is 4.42 Å². The normalized spacial score (nSPS) is 15.6. The Morgan fingerprint density at radius 1 is 1.00 bits per heavy atom. The average Bonchev–Trinajstić information content (AvgIpc) is 3.24. The van der Waals surface area contributed by atoms with Crippen molar-refractivity contribution in [3.63, 3.8) is 0 Å². The minimum absolute atomic E-state index is 0.262. The van der Waals surface area contributed by atoms with Gasteiger partial charge in [-0.15, -0.1) is 0 Å². The zero-order chi connectivity index (χ0) is 19.5. The molecule has 4 nitrogen and oxygen atoms in total. The van der Waals surface area contributed by atoms with E-state index in [2.05, 4.69) is 0 Å². The molecule has 1 aliphatic rings. The van der Waals surface area contributed by atoms with Crippen LogP contribution in [-0.4, -0.2) is 16.0 Å². The third kappa shape index (κ3) is 4.24. The smallest absolute Gasteiger partial charge is 0.293 e. The molecule has 0 aliphatic carbocycles. The summed E-state index contributed by atoms with van der Waals surface area (Å²) in [7, 11) is 0. The van der Waals surface area contributed by atoms with Crippen molar-refractivity contribution in [1.29, 1.82) is 0 Å². The second-order valence-corrected chi connectivity index (χ2v) is 8.40. The fraction of sp³-hybridized carbons (Fsp3) is 0.0909. The fourth-order valence-corrected chi connectivity index (χ4v) is 4.33. The van der Waals surface area contributed by atoms with Crippen LogP contribution in [0.3, 0.4) is 0 Å². The lowest BCUT2D eigenvalue weighted by molar-refractivity contribution is -0.123. The number of carbonyl (C=O) groups excluding carboxylic acids is 2. The van der Waals surface area contributed by atoms with Gasteiger partial charge in [0.25, 0.3) is 11.1 Å². The molecule has 1 saturated heterocycles. The summed E-state index contributed by atoms with van der Waals surface area (Å²) in [6.45, 7) is 2.27. The summed E-state index contributed by atoms with van der Waals surface area (Å²) < 4.78 is 5.79. The summed E-state index contributed by atoms with van der Waals surface area (Å²) in [5.41, 5.74) is 2.06. The third-order valence-electron chi connectivity index (χ3n) is 4.17. The van der Waals surface area contributed by atoms with Crippen LogP contribution in [-0.2, 0) is 11.3 Å². The summed E-state index contributed by atoms with van der Waals surface area (Å²) in [6, 6.07) is 21.4. The summed E-state index contributed by atoms with van der Waals surface area (Å²) >= 11 is 2.45. The van der Waals surface area contributed by atoms with E-state index in [1.807, 2.05) is 67.6 Å².